The number of nitrogens with one attached hydrogen (secondary N) is 1. The van der Waals surface area contributed by atoms with Crippen molar-refractivity contribution >= 4 is 16.8 Å². The lowest BCUT2D eigenvalue weighted by atomic mass is 10.2. The lowest BCUT2D eigenvalue weighted by molar-refractivity contribution is 0.501. The average Bonchev–Trinajstić information content (AvgIpc) is 3.11. The van der Waals surface area contributed by atoms with Gasteiger partial charge in [-0.05, 0) is 36.8 Å². The summed E-state index contributed by atoms with van der Waals surface area (Å²) in [5, 5.41) is 3.43. The third-order valence-electron chi connectivity index (χ3n) is 3.57. The van der Waals surface area contributed by atoms with Crippen molar-refractivity contribution in [1.29, 1.82) is 0 Å². The highest BCUT2D eigenvalue weighted by atomic mass is 16.3. The van der Waals surface area contributed by atoms with E-state index in [1.54, 1.807) is 0 Å². The van der Waals surface area contributed by atoms with Gasteiger partial charge in [0.2, 0.25) is 0 Å². The van der Waals surface area contributed by atoms with Crippen LogP contribution in [0.25, 0.3) is 11.1 Å². The Morgan fingerprint density at radius 2 is 2.14 bits per heavy atom. The molecule has 0 spiro atoms. The molecular formula is C17H21N3O. The van der Waals surface area contributed by atoms with Crippen LogP contribution in [0.1, 0.15) is 38.1 Å². The van der Waals surface area contributed by atoms with Gasteiger partial charge in [0.05, 0.1) is 0 Å². The van der Waals surface area contributed by atoms with Crippen LogP contribution in [-0.4, -0.2) is 9.55 Å². The number of fused-ring (bicyclic) bond motifs is 1. The van der Waals surface area contributed by atoms with E-state index in [1.807, 2.05) is 18.2 Å². The molecule has 2 aromatic heterocycles. The van der Waals surface area contributed by atoms with Crippen LogP contribution >= 0.6 is 0 Å². The highest BCUT2D eigenvalue weighted by molar-refractivity contribution is 5.77. The lowest BCUT2D eigenvalue weighted by Gasteiger charge is -2.04. The second-order valence-electron chi connectivity index (χ2n) is 5.59. The van der Waals surface area contributed by atoms with E-state index in [0.717, 1.165) is 35.8 Å². The van der Waals surface area contributed by atoms with Crippen molar-refractivity contribution in [2.45, 2.75) is 39.8 Å². The van der Waals surface area contributed by atoms with Crippen LogP contribution in [0, 0.1) is 0 Å². The number of aryl methyl sites for hydroxylation is 1. The van der Waals surface area contributed by atoms with Gasteiger partial charge in [-0.2, -0.15) is 0 Å². The Kier molecular flexibility index (Phi) is 3.69. The highest BCUT2D eigenvalue weighted by Crippen LogP contribution is 2.24. The second kappa shape index (κ2) is 5.64. The molecule has 0 unspecified atom stereocenters. The number of rotatable bonds is 5. The minimum absolute atomic E-state index is 0.308. The Labute approximate surface area is 124 Å². The Hall–Kier alpha value is -2.23. The maximum atomic E-state index is 5.72. The Morgan fingerprint density at radius 1 is 1.29 bits per heavy atom. The number of aromatic nitrogens is 2. The first-order valence-corrected chi connectivity index (χ1v) is 7.44. The van der Waals surface area contributed by atoms with Crippen LogP contribution in [-0.2, 0) is 13.1 Å². The molecule has 0 radical (unpaired) electrons. The normalized spacial score (nSPS) is 11.4. The van der Waals surface area contributed by atoms with Gasteiger partial charge in [0.15, 0.2) is 11.5 Å². The molecule has 2 heterocycles. The van der Waals surface area contributed by atoms with Gasteiger partial charge in [-0.1, -0.05) is 13.8 Å². The van der Waals surface area contributed by atoms with Crippen molar-refractivity contribution in [2.24, 2.45) is 0 Å². The van der Waals surface area contributed by atoms with E-state index in [1.165, 1.54) is 5.56 Å². The SMILES string of the molecule is CCn1ccc(CNc2ccc3oc(C(C)C)nc3c2)c1. The molecule has 110 valence electrons. The van der Waals surface area contributed by atoms with Crippen LogP contribution in [0.3, 0.4) is 0 Å². The molecule has 1 N–H and O–H groups in total. The topological polar surface area (TPSA) is 43.0 Å². The molecule has 0 aliphatic rings. The average molecular weight is 283 g/mol. The zero-order chi connectivity index (χ0) is 14.8. The summed E-state index contributed by atoms with van der Waals surface area (Å²) in [6, 6.07) is 8.20. The minimum Gasteiger partial charge on any atom is -0.440 e. The summed E-state index contributed by atoms with van der Waals surface area (Å²) >= 11 is 0. The quantitative estimate of drug-likeness (QED) is 0.755. The molecule has 0 saturated carbocycles. The molecule has 0 atom stereocenters. The molecule has 0 fully saturated rings. The fourth-order valence-corrected chi connectivity index (χ4v) is 2.30. The first-order chi connectivity index (χ1) is 10.2. The molecule has 1 aromatic carbocycles. The van der Waals surface area contributed by atoms with E-state index in [9.17, 15) is 0 Å². The van der Waals surface area contributed by atoms with E-state index in [2.05, 4.69) is 54.1 Å². The van der Waals surface area contributed by atoms with Crippen LogP contribution in [0.5, 0.6) is 0 Å². The van der Waals surface area contributed by atoms with Crippen molar-refractivity contribution in [3.8, 4) is 0 Å². The van der Waals surface area contributed by atoms with Crippen molar-refractivity contribution in [2.75, 3.05) is 5.32 Å². The summed E-state index contributed by atoms with van der Waals surface area (Å²) in [5.41, 5.74) is 4.10. The summed E-state index contributed by atoms with van der Waals surface area (Å²) in [4.78, 5) is 4.53. The molecular weight excluding hydrogens is 262 g/mol. The van der Waals surface area contributed by atoms with E-state index in [-0.39, 0.29) is 0 Å². The summed E-state index contributed by atoms with van der Waals surface area (Å²) in [6.45, 7) is 8.13. The fraction of sp³-hybridized carbons (Fsp3) is 0.353. The van der Waals surface area contributed by atoms with Gasteiger partial charge in [-0.25, -0.2) is 4.98 Å². The van der Waals surface area contributed by atoms with E-state index in [0.29, 0.717) is 5.92 Å². The van der Waals surface area contributed by atoms with Gasteiger partial charge in [0.25, 0.3) is 0 Å². The summed E-state index contributed by atoms with van der Waals surface area (Å²) in [7, 11) is 0. The number of hydrogen-bond acceptors (Lipinski definition) is 3. The number of hydrogen-bond donors (Lipinski definition) is 1. The fourth-order valence-electron chi connectivity index (χ4n) is 2.30. The number of benzene rings is 1. The molecule has 3 aromatic rings. The monoisotopic (exact) mass is 283 g/mol. The van der Waals surface area contributed by atoms with Crippen molar-refractivity contribution < 1.29 is 4.42 Å². The number of oxazole rings is 1. The van der Waals surface area contributed by atoms with Crippen LogP contribution < -0.4 is 5.32 Å². The van der Waals surface area contributed by atoms with Crippen molar-refractivity contribution in [1.82, 2.24) is 9.55 Å². The predicted octanol–water partition coefficient (Wildman–Crippen LogP) is 4.38. The smallest absolute Gasteiger partial charge is 0.198 e. The van der Waals surface area contributed by atoms with E-state index < -0.39 is 0 Å². The first kappa shape index (κ1) is 13.7. The van der Waals surface area contributed by atoms with Crippen molar-refractivity contribution in [3.05, 3.63) is 48.1 Å². The molecule has 0 amide bonds. The molecule has 3 rings (SSSR count). The van der Waals surface area contributed by atoms with Gasteiger partial charge in [0.1, 0.15) is 5.52 Å². The second-order valence-corrected chi connectivity index (χ2v) is 5.59. The minimum atomic E-state index is 0.308. The molecule has 4 nitrogen and oxygen atoms in total. The van der Waals surface area contributed by atoms with Crippen LogP contribution in [0.15, 0.2) is 41.1 Å². The van der Waals surface area contributed by atoms with Crippen LogP contribution in [0.4, 0.5) is 5.69 Å². The highest BCUT2D eigenvalue weighted by Gasteiger charge is 2.09. The van der Waals surface area contributed by atoms with Gasteiger partial charge in [-0.15, -0.1) is 0 Å². The summed E-state index contributed by atoms with van der Waals surface area (Å²) in [5.74, 6) is 1.10. The molecule has 4 heteroatoms. The standard InChI is InChI=1S/C17H21N3O/c1-4-20-8-7-13(11-20)10-18-14-5-6-16-15(9-14)19-17(21-16)12(2)3/h5-9,11-12,18H,4,10H2,1-3H3. The number of nitrogens with zero attached hydrogens (tertiary/aromatic N) is 2. The Morgan fingerprint density at radius 3 is 2.86 bits per heavy atom. The van der Waals surface area contributed by atoms with Crippen LogP contribution in [0.2, 0.25) is 0 Å². The summed E-state index contributed by atoms with van der Waals surface area (Å²) in [6.07, 6.45) is 4.27. The molecule has 0 saturated heterocycles. The lowest BCUT2D eigenvalue weighted by Crippen LogP contribution is -1.98. The molecule has 0 aliphatic heterocycles. The zero-order valence-electron chi connectivity index (χ0n) is 12.8. The van der Waals surface area contributed by atoms with E-state index >= 15 is 0 Å². The largest absolute Gasteiger partial charge is 0.440 e. The molecule has 0 aliphatic carbocycles. The van der Waals surface area contributed by atoms with E-state index in [4.69, 9.17) is 4.42 Å². The first-order valence-electron chi connectivity index (χ1n) is 7.44. The maximum absolute atomic E-state index is 5.72. The van der Waals surface area contributed by atoms with Gasteiger partial charge >= 0.3 is 0 Å². The Bertz CT molecular complexity index is 739. The summed E-state index contributed by atoms with van der Waals surface area (Å²) < 4.78 is 7.90. The number of anilines is 1. The Balaban J connectivity index is 1.74. The molecule has 21 heavy (non-hydrogen) atoms. The van der Waals surface area contributed by atoms with Crippen molar-refractivity contribution in [3.63, 3.8) is 0 Å². The van der Waals surface area contributed by atoms with Gasteiger partial charge < -0.3 is 14.3 Å². The third-order valence-corrected chi connectivity index (χ3v) is 3.57. The predicted molar refractivity (Wildman–Crippen MR) is 85.5 cm³/mol. The zero-order valence-corrected chi connectivity index (χ0v) is 12.8. The third kappa shape index (κ3) is 2.94. The van der Waals surface area contributed by atoms with Gasteiger partial charge in [-0.3, -0.25) is 0 Å². The molecule has 0 bridgehead atoms. The van der Waals surface area contributed by atoms with Gasteiger partial charge in [0, 0.05) is 37.1 Å². The maximum Gasteiger partial charge on any atom is 0.198 e.